The normalized spacial score (nSPS) is 20.7. The molecule has 3 nitrogen and oxygen atoms in total. The van der Waals surface area contributed by atoms with Gasteiger partial charge in [-0.1, -0.05) is 19.8 Å². The van der Waals surface area contributed by atoms with Crippen LogP contribution in [-0.4, -0.2) is 25.5 Å². The lowest BCUT2D eigenvalue weighted by molar-refractivity contribution is -0.121. The first-order chi connectivity index (χ1) is 7.62. The number of carbonyl (C=O) groups is 1. The van der Waals surface area contributed by atoms with Crippen LogP contribution in [0.2, 0.25) is 0 Å². The zero-order valence-electron chi connectivity index (χ0n) is 10.9. The third-order valence-electron chi connectivity index (χ3n) is 4.01. The maximum absolute atomic E-state index is 11.2. The van der Waals surface area contributed by atoms with Crippen molar-refractivity contribution in [3.63, 3.8) is 0 Å². The summed E-state index contributed by atoms with van der Waals surface area (Å²) in [4.78, 5) is 11.2. The van der Waals surface area contributed by atoms with Gasteiger partial charge in [-0.3, -0.25) is 4.79 Å². The topological polar surface area (TPSA) is 41.1 Å². The molecule has 0 heterocycles. The van der Waals surface area contributed by atoms with E-state index in [2.05, 4.69) is 24.5 Å². The highest BCUT2D eigenvalue weighted by Crippen LogP contribution is 2.40. The third-order valence-corrected chi connectivity index (χ3v) is 4.01. The van der Waals surface area contributed by atoms with Gasteiger partial charge in [-0.25, -0.2) is 0 Å². The maximum Gasteiger partial charge on any atom is 0.221 e. The van der Waals surface area contributed by atoms with E-state index in [9.17, 15) is 4.79 Å². The number of amides is 1. The molecule has 1 fully saturated rings. The summed E-state index contributed by atoms with van der Waals surface area (Å²) in [7, 11) is 1.69. The standard InChI is InChI=1S/C13H26N2O/c1-4-13(7-5-6-8-13)10-15-11(2)9-12(16)14-3/h11,15H,4-10H2,1-3H3,(H,14,16). The smallest absolute Gasteiger partial charge is 0.221 e. The van der Waals surface area contributed by atoms with Gasteiger partial charge >= 0.3 is 0 Å². The molecule has 3 heteroatoms. The molecular weight excluding hydrogens is 200 g/mol. The van der Waals surface area contributed by atoms with E-state index in [1.165, 1.54) is 32.1 Å². The summed E-state index contributed by atoms with van der Waals surface area (Å²) in [6.45, 7) is 5.45. The number of rotatable bonds is 6. The second kappa shape index (κ2) is 6.24. The van der Waals surface area contributed by atoms with Crippen LogP contribution in [0.25, 0.3) is 0 Å². The van der Waals surface area contributed by atoms with E-state index >= 15 is 0 Å². The van der Waals surface area contributed by atoms with Gasteiger partial charge in [0.15, 0.2) is 0 Å². The van der Waals surface area contributed by atoms with E-state index in [0.29, 0.717) is 11.8 Å². The number of hydrogen-bond acceptors (Lipinski definition) is 2. The summed E-state index contributed by atoms with van der Waals surface area (Å²) in [6, 6.07) is 0.281. The fourth-order valence-corrected chi connectivity index (χ4v) is 2.62. The number of carbonyl (C=O) groups excluding carboxylic acids is 1. The Labute approximate surface area is 99.4 Å². The molecule has 1 rings (SSSR count). The number of nitrogens with one attached hydrogen (secondary N) is 2. The summed E-state index contributed by atoms with van der Waals surface area (Å²) in [6.07, 6.45) is 7.29. The molecule has 1 aliphatic rings. The lowest BCUT2D eigenvalue weighted by atomic mass is 9.83. The minimum atomic E-state index is 0.122. The SMILES string of the molecule is CCC1(CNC(C)CC(=O)NC)CCCC1. The van der Waals surface area contributed by atoms with Gasteiger partial charge in [0.25, 0.3) is 0 Å². The van der Waals surface area contributed by atoms with Crippen LogP contribution in [-0.2, 0) is 4.79 Å². The van der Waals surface area contributed by atoms with Crippen molar-refractivity contribution in [2.24, 2.45) is 5.41 Å². The molecule has 1 aliphatic carbocycles. The highest BCUT2D eigenvalue weighted by atomic mass is 16.1. The van der Waals surface area contributed by atoms with Crippen LogP contribution in [0.3, 0.4) is 0 Å². The molecule has 16 heavy (non-hydrogen) atoms. The Bertz CT molecular complexity index is 222. The molecule has 0 spiro atoms. The summed E-state index contributed by atoms with van der Waals surface area (Å²) in [5, 5.41) is 6.19. The van der Waals surface area contributed by atoms with Crippen LogP contribution in [0, 0.1) is 5.41 Å². The molecule has 0 saturated heterocycles. The van der Waals surface area contributed by atoms with Gasteiger partial charge in [0.05, 0.1) is 0 Å². The Morgan fingerprint density at radius 3 is 2.50 bits per heavy atom. The van der Waals surface area contributed by atoms with Gasteiger partial charge in [-0.15, -0.1) is 0 Å². The lowest BCUT2D eigenvalue weighted by Crippen LogP contribution is -2.39. The first kappa shape index (κ1) is 13.5. The molecule has 0 aliphatic heterocycles. The van der Waals surface area contributed by atoms with Gasteiger partial charge < -0.3 is 10.6 Å². The number of hydrogen-bond donors (Lipinski definition) is 2. The molecule has 1 amide bonds. The lowest BCUT2D eigenvalue weighted by Gasteiger charge is -2.29. The van der Waals surface area contributed by atoms with Crippen molar-refractivity contribution < 1.29 is 4.79 Å². The largest absolute Gasteiger partial charge is 0.359 e. The fraction of sp³-hybridized carbons (Fsp3) is 0.923. The Morgan fingerprint density at radius 2 is 2.00 bits per heavy atom. The summed E-state index contributed by atoms with van der Waals surface area (Å²) in [5.41, 5.74) is 0.511. The van der Waals surface area contributed by atoms with Crippen molar-refractivity contribution in [3.05, 3.63) is 0 Å². The van der Waals surface area contributed by atoms with Crippen molar-refractivity contribution in [1.82, 2.24) is 10.6 Å². The first-order valence-corrected chi connectivity index (χ1v) is 6.56. The van der Waals surface area contributed by atoms with Crippen molar-refractivity contribution in [1.29, 1.82) is 0 Å². The monoisotopic (exact) mass is 226 g/mol. The van der Waals surface area contributed by atoms with Crippen LogP contribution in [0.4, 0.5) is 0 Å². The van der Waals surface area contributed by atoms with Crippen molar-refractivity contribution >= 4 is 5.91 Å². The molecule has 0 aromatic rings. The molecule has 0 aromatic heterocycles. The zero-order chi connectivity index (χ0) is 12.0. The average molecular weight is 226 g/mol. The minimum absolute atomic E-state index is 0.122. The highest BCUT2D eigenvalue weighted by molar-refractivity contribution is 5.76. The highest BCUT2D eigenvalue weighted by Gasteiger charge is 2.31. The third kappa shape index (κ3) is 3.78. The minimum Gasteiger partial charge on any atom is -0.359 e. The summed E-state index contributed by atoms with van der Waals surface area (Å²) >= 11 is 0. The Morgan fingerprint density at radius 1 is 1.38 bits per heavy atom. The Balaban J connectivity index is 2.29. The molecule has 0 aromatic carbocycles. The van der Waals surface area contributed by atoms with E-state index in [1.807, 2.05) is 0 Å². The predicted molar refractivity (Wildman–Crippen MR) is 67.3 cm³/mol. The molecule has 2 N–H and O–H groups in total. The van der Waals surface area contributed by atoms with Crippen LogP contribution < -0.4 is 10.6 Å². The second-order valence-electron chi connectivity index (χ2n) is 5.22. The molecular formula is C13H26N2O. The predicted octanol–water partition coefficient (Wildman–Crippen LogP) is 2.07. The van der Waals surface area contributed by atoms with E-state index in [-0.39, 0.29) is 11.9 Å². The van der Waals surface area contributed by atoms with E-state index < -0.39 is 0 Å². The zero-order valence-corrected chi connectivity index (χ0v) is 10.9. The Hall–Kier alpha value is -0.570. The molecule has 94 valence electrons. The summed E-state index contributed by atoms with van der Waals surface area (Å²) in [5.74, 6) is 0.122. The molecule has 1 unspecified atom stereocenters. The van der Waals surface area contributed by atoms with E-state index in [4.69, 9.17) is 0 Å². The van der Waals surface area contributed by atoms with Crippen molar-refractivity contribution in [2.45, 2.75) is 58.4 Å². The van der Waals surface area contributed by atoms with Gasteiger partial charge in [0, 0.05) is 26.1 Å². The van der Waals surface area contributed by atoms with Gasteiger partial charge in [-0.2, -0.15) is 0 Å². The van der Waals surface area contributed by atoms with Crippen LogP contribution in [0.15, 0.2) is 0 Å². The fourth-order valence-electron chi connectivity index (χ4n) is 2.62. The quantitative estimate of drug-likeness (QED) is 0.728. The maximum atomic E-state index is 11.2. The second-order valence-corrected chi connectivity index (χ2v) is 5.22. The van der Waals surface area contributed by atoms with Gasteiger partial charge in [0.1, 0.15) is 0 Å². The van der Waals surface area contributed by atoms with Crippen molar-refractivity contribution in [2.75, 3.05) is 13.6 Å². The van der Waals surface area contributed by atoms with E-state index in [0.717, 1.165) is 6.54 Å². The van der Waals surface area contributed by atoms with E-state index in [1.54, 1.807) is 7.05 Å². The van der Waals surface area contributed by atoms with Crippen LogP contribution >= 0.6 is 0 Å². The Kier molecular flexibility index (Phi) is 5.26. The molecule has 0 radical (unpaired) electrons. The summed E-state index contributed by atoms with van der Waals surface area (Å²) < 4.78 is 0. The van der Waals surface area contributed by atoms with Gasteiger partial charge in [-0.05, 0) is 31.6 Å². The molecule has 1 saturated carbocycles. The van der Waals surface area contributed by atoms with Crippen LogP contribution in [0.5, 0.6) is 0 Å². The van der Waals surface area contributed by atoms with Crippen molar-refractivity contribution in [3.8, 4) is 0 Å². The van der Waals surface area contributed by atoms with Crippen LogP contribution in [0.1, 0.15) is 52.4 Å². The van der Waals surface area contributed by atoms with Gasteiger partial charge in [0.2, 0.25) is 5.91 Å². The average Bonchev–Trinajstić information content (AvgIpc) is 2.75. The molecule has 1 atom stereocenters. The first-order valence-electron chi connectivity index (χ1n) is 6.56. The molecule has 0 bridgehead atoms.